The Hall–Kier alpha value is -1.46. The highest BCUT2D eigenvalue weighted by molar-refractivity contribution is 6.30. The number of rotatable bonds is 2. The van der Waals surface area contributed by atoms with Crippen LogP contribution in [0.5, 0.6) is 5.75 Å². The minimum atomic E-state index is -0.0632. The van der Waals surface area contributed by atoms with E-state index >= 15 is 0 Å². The van der Waals surface area contributed by atoms with E-state index in [9.17, 15) is 9.90 Å². The number of amides is 2. The van der Waals surface area contributed by atoms with E-state index in [0.29, 0.717) is 18.2 Å². The van der Waals surface area contributed by atoms with Gasteiger partial charge in [-0.05, 0) is 43.7 Å². The third-order valence-electron chi connectivity index (χ3n) is 4.61. The second kappa shape index (κ2) is 7.41. The lowest BCUT2D eigenvalue weighted by Crippen LogP contribution is -2.47. The van der Waals surface area contributed by atoms with Crippen molar-refractivity contribution in [1.82, 2.24) is 10.2 Å². The molecule has 6 heteroatoms. The highest BCUT2D eigenvalue weighted by Crippen LogP contribution is 2.33. The molecule has 0 unspecified atom stereocenters. The van der Waals surface area contributed by atoms with Crippen LogP contribution in [0.3, 0.4) is 0 Å². The molecule has 0 bridgehead atoms. The van der Waals surface area contributed by atoms with E-state index in [1.54, 1.807) is 0 Å². The first kappa shape index (κ1) is 16.4. The maximum absolute atomic E-state index is 12.6. The topological polar surface area (TPSA) is 61.8 Å². The lowest BCUT2D eigenvalue weighted by Gasteiger charge is -2.33. The maximum atomic E-state index is 12.6. The van der Waals surface area contributed by atoms with Gasteiger partial charge in [0.25, 0.3) is 0 Å². The van der Waals surface area contributed by atoms with Crippen LogP contribution in [0.25, 0.3) is 0 Å². The quantitative estimate of drug-likeness (QED) is 0.871. The number of nitrogens with zero attached hydrogens (tertiary/aromatic N) is 1. The van der Waals surface area contributed by atoms with Crippen LogP contribution in [0, 0.1) is 5.92 Å². The number of aliphatic hydroxyl groups is 1. The largest absolute Gasteiger partial charge is 0.493 e. The number of likely N-dealkylation sites (tertiary alicyclic amines) is 1. The Morgan fingerprint density at radius 3 is 3.09 bits per heavy atom. The Bertz CT molecular complexity index is 567. The van der Waals surface area contributed by atoms with Gasteiger partial charge in [0, 0.05) is 30.3 Å². The highest BCUT2D eigenvalue weighted by atomic mass is 35.5. The first-order chi connectivity index (χ1) is 11.2. The Morgan fingerprint density at radius 1 is 1.39 bits per heavy atom. The number of halogens is 1. The molecule has 2 N–H and O–H groups in total. The summed E-state index contributed by atoms with van der Waals surface area (Å²) in [5, 5.41) is 13.1. The zero-order chi connectivity index (χ0) is 16.2. The molecule has 0 aromatic heterocycles. The SMILES string of the molecule is O=C(N[C@@H]1CCCOc2cc(Cl)ccc21)N1CCC[C@H](CO)C1. The van der Waals surface area contributed by atoms with Crippen molar-refractivity contribution in [3.05, 3.63) is 28.8 Å². The summed E-state index contributed by atoms with van der Waals surface area (Å²) >= 11 is 6.04. The first-order valence-electron chi connectivity index (χ1n) is 8.26. The fraction of sp³-hybridized carbons (Fsp3) is 0.588. The molecule has 2 aliphatic rings. The van der Waals surface area contributed by atoms with Gasteiger partial charge >= 0.3 is 6.03 Å². The van der Waals surface area contributed by atoms with E-state index in [1.165, 1.54) is 0 Å². The average Bonchev–Trinajstić information content (AvgIpc) is 2.76. The summed E-state index contributed by atoms with van der Waals surface area (Å²) in [6, 6.07) is 5.45. The Balaban J connectivity index is 1.71. The van der Waals surface area contributed by atoms with Crippen molar-refractivity contribution in [3.63, 3.8) is 0 Å². The van der Waals surface area contributed by atoms with Crippen LogP contribution in [0.1, 0.15) is 37.3 Å². The second-order valence-corrected chi connectivity index (χ2v) is 6.75. The number of piperidine rings is 1. The molecule has 2 amide bonds. The summed E-state index contributed by atoms with van der Waals surface area (Å²) in [7, 11) is 0. The smallest absolute Gasteiger partial charge is 0.317 e. The number of fused-ring (bicyclic) bond motifs is 1. The van der Waals surface area contributed by atoms with E-state index < -0.39 is 0 Å². The Labute approximate surface area is 141 Å². The third-order valence-corrected chi connectivity index (χ3v) is 4.84. The van der Waals surface area contributed by atoms with E-state index in [-0.39, 0.29) is 24.6 Å². The molecule has 2 atom stereocenters. The van der Waals surface area contributed by atoms with Gasteiger partial charge in [-0.3, -0.25) is 0 Å². The minimum absolute atomic E-state index is 0.0593. The monoisotopic (exact) mass is 338 g/mol. The maximum Gasteiger partial charge on any atom is 0.317 e. The van der Waals surface area contributed by atoms with E-state index in [0.717, 1.165) is 43.5 Å². The van der Waals surface area contributed by atoms with Crippen molar-refractivity contribution in [3.8, 4) is 5.75 Å². The van der Waals surface area contributed by atoms with E-state index in [1.807, 2.05) is 23.1 Å². The van der Waals surface area contributed by atoms with Crippen molar-refractivity contribution < 1.29 is 14.6 Å². The number of nitrogens with one attached hydrogen (secondary N) is 1. The first-order valence-corrected chi connectivity index (χ1v) is 8.63. The zero-order valence-corrected chi connectivity index (χ0v) is 13.9. The summed E-state index contributed by atoms with van der Waals surface area (Å²) in [6.45, 7) is 2.15. The van der Waals surface area contributed by atoms with Crippen LogP contribution < -0.4 is 10.1 Å². The van der Waals surface area contributed by atoms with Crippen molar-refractivity contribution in [1.29, 1.82) is 0 Å². The van der Waals surface area contributed by atoms with Gasteiger partial charge in [-0.1, -0.05) is 17.7 Å². The van der Waals surface area contributed by atoms with Crippen LogP contribution in [-0.2, 0) is 0 Å². The molecule has 1 saturated heterocycles. The number of carbonyl (C=O) groups is 1. The number of carbonyl (C=O) groups excluding carboxylic acids is 1. The molecule has 1 fully saturated rings. The lowest BCUT2D eigenvalue weighted by molar-refractivity contribution is 0.127. The van der Waals surface area contributed by atoms with Gasteiger partial charge in [0.15, 0.2) is 0 Å². The van der Waals surface area contributed by atoms with E-state index in [2.05, 4.69) is 5.32 Å². The van der Waals surface area contributed by atoms with Gasteiger partial charge in [0.1, 0.15) is 5.75 Å². The number of urea groups is 1. The number of ether oxygens (including phenoxy) is 1. The van der Waals surface area contributed by atoms with Crippen LogP contribution >= 0.6 is 11.6 Å². The molecule has 1 aromatic carbocycles. The molecule has 2 aliphatic heterocycles. The molecule has 23 heavy (non-hydrogen) atoms. The van der Waals surface area contributed by atoms with Gasteiger partial charge in [-0.15, -0.1) is 0 Å². The zero-order valence-electron chi connectivity index (χ0n) is 13.1. The summed E-state index contributed by atoms with van der Waals surface area (Å²) in [5.41, 5.74) is 0.982. The molecule has 0 radical (unpaired) electrons. The van der Waals surface area contributed by atoms with Crippen molar-refractivity contribution in [2.75, 3.05) is 26.3 Å². The average molecular weight is 339 g/mol. The fourth-order valence-electron chi connectivity index (χ4n) is 3.33. The number of aliphatic hydroxyl groups excluding tert-OH is 1. The predicted molar refractivity (Wildman–Crippen MR) is 88.8 cm³/mol. The molecule has 0 aliphatic carbocycles. The van der Waals surface area contributed by atoms with Gasteiger partial charge in [0.05, 0.1) is 12.6 Å². The van der Waals surface area contributed by atoms with Gasteiger partial charge < -0.3 is 20.1 Å². The van der Waals surface area contributed by atoms with E-state index in [4.69, 9.17) is 16.3 Å². The van der Waals surface area contributed by atoms with Gasteiger partial charge in [0.2, 0.25) is 0 Å². The summed E-state index contributed by atoms with van der Waals surface area (Å²) in [5.74, 6) is 0.949. The molecule has 3 rings (SSSR count). The number of benzene rings is 1. The van der Waals surface area contributed by atoms with Crippen LogP contribution in [-0.4, -0.2) is 42.3 Å². The predicted octanol–water partition coefficient (Wildman–Crippen LogP) is 2.97. The van der Waals surface area contributed by atoms with Crippen LogP contribution in [0.4, 0.5) is 4.79 Å². The molecule has 0 saturated carbocycles. The van der Waals surface area contributed by atoms with Crippen LogP contribution in [0.2, 0.25) is 5.02 Å². The van der Waals surface area contributed by atoms with Crippen LogP contribution in [0.15, 0.2) is 18.2 Å². The highest BCUT2D eigenvalue weighted by Gasteiger charge is 2.27. The standard InChI is InChI=1S/C17H23ClN2O3/c18-13-5-6-14-15(4-2-8-23-16(14)9-13)19-17(22)20-7-1-3-12(10-20)11-21/h5-6,9,12,15,21H,1-4,7-8,10-11H2,(H,19,22)/t12-,15+/m0/s1. The van der Waals surface area contributed by atoms with Crippen molar-refractivity contribution in [2.45, 2.75) is 31.7 Å². The molecular weight excluding hydrogens is 316 g/mol. The molecule has 0 spiro atoms. The molecule has 126 valence electrons. The van der Waals surface area contributed by atoms with Crippen molar-refractivity contribution >= 4 is 17.6 Å². The Morgan fingerprint density at radius 2 is 2.26 bits per heavy atom. The number of hydrogen-bond donors (Lipinski definition) is 2. The minimum Gasteiger partial charge on any atom is -0.493 e. The molecule has 5 nitrogen and oxygen atoms in total. The van der Waals surface area contributed by atoms with Gasteiger partial charge in [-0.25, -0.2) is 4.79 Å². The lowest BCUT2D eigenvalue weighted by atomic mass is 9.99. The second-order valence-electron chi connectivity index (χ2n) is 6.31. The molecular formula is C17H23ClN2O3. The summed E-state index contributed by atoms with van der Waals surface area (Å²) in [6.07, 6.45) is 3.66. The molecule has 2 heterocycles. The fourth-order valence-corrected chi connectivity index (χ4v) is 3.50. The molecule has 1 aromatic rings. The number of hydrogen-bond acceptors (Lipinski definition) is 3. The van der Waals surface area contributed by atoms with Gasteiger partial charge in [-0.2, -0.15) is 0 Å². The normalized spacial score (nSPS) is 24.3. The summed E-state index contributed by atoms with van der Waals surface area (Å²) in [4.78, 5) is 14.4. The summed E-state index contributed by atoms with van der Waals surface area (Å²) < 4.78 is 5.74. The van der Waals surface area contributed by atoms with Crippen molar-refractivity contribution in [2.24, 2.45) is 5.92 Å². The Kier molecular flexibility index (Phi) is 5.28. The third kappa shape index (κ3) is 3.90.